The molecular weight excluding hydrogens is 177 g/mol. The lowest BCUT2D eigenvalue weighted by molar-refractivity contribution is -0.178. The highest BCUT2D eigenvalue weighted by molar-refractivity contribution is 4.67. The van der Waals surface area contributed by atoms with Crippen LogP contribution in [0.2, 0.25) is 0 Å². The van der Waals surface area contributed by atoms with Crippen molar-refractivity contribution < 1.29 is 13.2 Å². The van der Waals surface area contributed by atoms with Crippen LogP contribution in [0.15, 0.2) is 0 Å². The molecule has 0 aliphatic carbocycles. The minimum atomic E-state index is -4.00. The minimum Gasteiger partial charge on any atom is -0.171 e. The third-order valence-electron chi connectivity index (χ3n) is 2.19. The van der Waals surface area contributed by atoms with Crippen molar-refractivity contribution in [3.8, 4) is 0 Å². The molecule has 1 atom stereocenters. The third kappa shape index (κ3) is 5.94. The van der Waals surface area contributed by atoms with Gasteiger partial charge in [-0.3, -0.25) is 0 Å². The number of halogens is 3. The molecule has 0 aromatic carbocycles. The molecule has 80 valence electrons. The lowest BCUT2D eigenvalue weighted by atomic mass is 9.94. The van der Waals surface area contributed by atoms with E-state index in [-0.39, 0.29) is 12.8 Å². The van der Waals surface area contributed by atoms with Gasteiger partial charge in [-0.2, -0.15) is 13.2 Å². The SMILES string of the molecule is CCCC(CCC(C)C)C(F)(F)F. The van der Waals surface area contributed by atoms with Gasteiger partial charge in [-0.1, -0.05) is 33.6 Å². The van der Waals surface area contributed by atoms with Gasteiger partial charge in [0, 0.05) is 0 Å². The Balaban J connectivity index is 3.95. The topological polar surface area (TPSA) is 0 Å². The lowest BCUT2D eigenvalue weighted by Crippen LogP contribution is -2.23. The second kappa shape index (κ2) is 5.51. The molecule has 1 unspecified atom stereocenters. The molecule has 0 amide bonds. The number of alkyl halides is 3. The average molecular weight is 196 g/mol. The molecule has 0 saturated carbocycles. The van der Waals surface area contributed by atoms with Crippen LogP contribution in [0.1, 0.15) is 46.5 Å². The van der Waals surface area contributed by atoms with Gasteiger partial charge in [0.25, 0.3) is 0 Å². The minimum absolute atomic E-state index is 0.274. The highest BCUT2D eigenvalue weighted by Crippen LogP contribution is 2.33. The largest absolute Gasteiger partial charge is 0.391 e. The summed E-state index contributed by atoms with van der Waals surface area (Å²) < 4.78 is 37.1. The Kier molecular flexibility index (Phi) is 5.42. The van der Waals surface area contributed by atoms with E-state index < -0.39 is 12.1 Å². The molecule has 0 aromatic rings. The van der Waals surface area contributed by atoms with Crippen LogP contribution in [0, 0.1) is 11.8 Å². The predicted octanol–water partition coefficient (Wildman–Crippen LogP) is 4.40. The van der Waals surface area contributed by atoms with Crippen LogP contribution < -0.4 is 0 Å². The molecular formula is C10H19F3. The highest BCUT2D eigenvalue weighted by Gasteiger charge is 2.37. The van der Waals surface area contributed by atoms with Crippen molar-refractivity contribution in [2.75, 3.05) is 0 Å². The summed E-state index contributed by atoms with van der Waals surface area (Å²) in [5.41, 5.74) is 0. The molecule has 3 heteroatoms. The maximum atomic E-state index is 12.4. The lowest BCUT2D eigenvalue weighted by Gasteiger charge is -2.20. The molecule has 0 bridgehead atoms. The standard InChI is InChI=1S/C10H19F3/c1-4-5-9(10(11,12)13)7-6-8(2)3/h8-9H,4-7H2,1-3H3. The number of rotatable bonds is 5. The predicted molar refractivity (Wildman–Crippen MR) is 48.5 cm³/mol. The van der Waals surface area contributed by atoms with Crippen molar-refractivity contribution in [1.82, 2.24) is 0 Å². The third-order valence-corrected chi connectivity index (χ3v) is 2.19. The van der Waals surface area contributed by atoms with Crippen LogP contribution in [0.3, 0.4) is 0 Å². The maximum absolute atomic E-state index is 12.4. The number of hydrogen-bond acceptors (Lipinski definition) is 0. The Labute approximate surface area is 78.5 Å². The van der Waals surface area contributed by atoms with Crippen LogP contribution in [-0.4, -0.2) is 6.18 Å². The van der Waals surface area contributed by atoms with E-state index in [1.165, 1.54) is 0 Å². The van der Waals surface area contributed by atoms with Crippen molar-refractivity contribution >= 4 is 0 Å². The van der Waals surface area contributed by atoms with Gasteiger partial charge in [0.2, 0.25) is 0 Å². The summed E-state index contributed by atoms with van der Waals surface area (Å²) in [6.45, 7) is 5.72. The quantitative estimate of drug-likeness (QED) is 0.611. The summed E-state index contributed by atoms with van der Waals surface area (Å²) >= 11 is 0. The summed E-state index contributed by atoms with van der Waals surface area (Å²) in [6, 6.07) is 0. The normalized spacial score (nSPS) is 15.0. The van der Waals surface area contributed by atoms with Gasteiger partial charge >= 0.3 is 6.18 Å². The molecule has 0 aromatic heterocycles. The smallest absolute Gasteiger partial charge is 0.171 e. The second-order valence-corrected chi connectivity index (χ2v) is 4.00. The zero-order valence-electron chi connectivity index (χ0n) is 8.62. The molecule has 0 nitrogen and oxygen atoms in total. The molecule has 13 heavy (non-hydrogen) atoms. The second-order valence-electron chi connectivity index (χ2n) is 4.00. The maximum Gasteiger partial charge on any atom is 0.391 e. The fourth-order valence-electron chi connectivity index (χ4n) is 1.35. The van der Waals surface area contributed by atoms with E-state index in [9.17, 15) is 13.2 Å². The van der Waals surface area contributed by atoms with Crippen LogP contribution in [0.5, 0.6) is 0 Å². The van der Waals surface area contributed by atoms with Crippen LogP contribution in [0.4, 0.5) is 13.2 Å². The first-order valence-electron chi connectivity index (χ1n) is 4.94. The molecule has 0 N–H and O–H groups in total. The Morgan fingerprint density at radius 1 is 1.00 bits per heavy atom. The Morgan fingerprint density at radius 3 is 1.85 bits per heavy atom. The van der Waals surface area contributed by atoms with Crippen molar-refractivity contribution in [3.05, 3.63) is 0 Å². The monoisotopic (exact) mass is 196 g/mol. The Bertz CT molecular complexity index is 127. The van der Waals surface area contributed by atoms with Gasteiger partial charge < -0.3 is 0 Å². The van der Waals surface area contributed by atoms with E-state index in [1.807, 2.05) is 13.8 Å². The number of hydrogen-bond donors (Lipinski definition) is 0. The van der Waals surface area contributed by atoms with Crippen molar-refractivity contribution in [3.63, 3.8) is 0 Å². The van der Waals surface area contributed by atoms with Gasteiger partial charge in [0.05, 0.1) is 5.92 Å². The zero-order chi connectivity index (χ0) is 10.5. The van der Waals surface area contributed by atoms with E-state index in [1.54, 1.807) is 6.92 Å². The molecule has 0 saturated heterocycles. The average Bonchev–Trinajstić information content (AvgIpc) is 1.95. The van der Waals surface area contributed by atoms with Crippen molar-refractivity contribution in [2.24, 2.45) is 11.8 Å². The van der Waals surface area contributed by atoms with Crippen LogP contribution >= 0.6 is 0 Å². The fourth-order valence-corrected chi connectivity index (χ4v) is 1.35. The van der Waals surface area contributed by atoms with E-state index in [2.05, 4.69) is 0 Å². The Hall–Kier alpha value is -0.210. The van der Waals surface area contributed by atoms with E-state index in [0.717, 1.165) is 0 Å². The fraction of sp³-hybridized carbons (Fsp3) is 1.00. The molecule has 0 aliphatic rings. The van der Waals surface area contributed by atoms with Gasteiger partial charge in [0.1, 0.15) is 0 Å². The van der Waals surface area contributed by atoms with Gasteiger partial charge in [-0.05, 0) is 18.8 Å². The first-order valence-corrected chi connectivity index (χ1v) is 4.94. The molecule has 0 spiro atoms. The van der Waals surface area contributed by atoms with Crippen LogP contribution in [-0.2, 0) is 0 Å². The highest BCUT2D eigenvalue weighted by atomic mass is 19.4. The summed E-state index contributed by atoms with van der Waals surface area (Å²) in [6.07, 6.45) is -2.15. The summed E-state index contributed by atoms with van der Waals surface area (Å²) in [5.74, 6) is -0.721. The molecule has 0 rings (SSSR count). The van der Waals surface area contributed by atoms with Gasteiger partial charge in [0.15, 0.2) is 0 Å². The summed E-state index contributed by atoms with van der Waals surface area (Å²) in [5, 5.41) is 0. The molecule has 0 aliphatic heterocycles. The van der Waals surface area contributed by atoms with Gasteiger partial charge in [-0.25, -0.2) is 0 Å². The first kappa shape index (κ1) is 12.8. The molecule has 0 heterocycles. The van der Waals surface area contributed by atoms with E-state index in [0.29, 0.717) is 18.8 Å². The van der Waals surface area contributed by atoms with Crippen LogP contribution in [0.25, 0.3) is 0 Å². The summed E-state index contributed by atoms with van der Waals surface area (Å²) in [4.78, 5) is 0. The van der Waals surface area contributed by atoms with Crippen molar-refractivity contribution in [1.29, 1.82) is 0 Å². The summed E-state index contributed by atoms with van der Waals surface area (Å²) in [7, 11) is 0. The first-order chi connectivity index (χ1) is 5.88. The molecule has 0 radical (unpaired) electrons. The van der Waals surface area contributed by atoms with Gasteiger partial charge in [-0.15, -0.1) is 0 Å². The zero-order valence-corrected chi connectivity index (χ0v) is 8.62. The molecule has 0 fully saturated rings. The van der Waals surface area contributed by atoms with Crippen molar-refractivity contribution in [2.45, 2.75) is 52.6 Å². The van der Waals surface area contributed by atoms with E-state index in [4.69, 9.17) is 0 Å². The Morgan fingerprint density at radius 2 is 1.54 bits per heavy atom. The van der Waals surface area contributed by atoms with E-state index >= 15 is 0 Å².